The summed E-state index contributed by atoms with van der Waals surface area (Å²) in [6.45, 7) is 5.24. The van der Waals surface area contributed by atoms with Gasteiger partial charge in [0.2, 0.25) is 0 Å². The summed E-state index contributed by atoms with van der Waals surface area (Å²) in [5.74, 6) is -1.11. The average molecular weight is 494 g/mol. The topological polar surface area (TPSA) is 51.3 Å². The van der Waals surface area contributed by atoms with E-state index in [9.17, 15) is 18.0 Å². The van der Waals surface area contributed by atoms with Gasteiger partial charge in [0, 0.05) is 29.8 Å². The number of pyridine rings is 1. The van der Waals surface area contributed by atoms with Gasteiger partial charge in [-0.1, -0.05) is 0 Å². The molecule has 0 unspecified atom stereocenters. The molecule has 0 amide bonds. The Hall–Kier alpha value is -3.65. The van der Waals surface area contributed by atoms with E-state index in [0.717, 1.165) is 32.0 Å². The first-order valence-electron chi connectivity index (χ1n) is 11.9. The Kier molecular flexibility index (Phi) is 6.30. The Morgan fingerprint density at radius 3 is 2.31 bits per heavy atom. The Morgan fingerprint density at radius 1 is 0.944 bits per heavy atom. The van der Waals surface area contributed by atoms with Crippen molar-refractivity contribution in [3.63, 3.8) is 0 Å². The molecule has 0 aliphatic carbocycles. The van der Waals surface area contributed by atoms with Crippen molar-refractivity contribution in [3.05, 3.63) is 93.5 Å². The molecule has 4 aromatic rings. The molecule has 186 valence electrons. The minimum atomic E-state index is -0.763. The predicted molar refractivity (Wildman–Crippen MR) is 132 cm³/mol. The van der Waals surface area contributed by atoms with E-state index in [1.165, 1.54) is 34.9 Å². The summed E-state index contributed by atoms with van der Waals surface area (Å²) in [6.07, 6.45) is 3.29. The van der Waals surface area contributed by atoms with E-state index in [4.69, 9.17) is 9.40 Å². The van der Waals surface area contributed by atoms with Crippen LogP contribution < -0.4 is 5.56 Å². The molecule has 5 nitrogen and oxygen atoms in total. The summed E-state index contributed by atoms with van der Waals surface area (Å²) in [7, 11) is 2.05. The molecule has 0 N–H and O–H groups in total. The normalized spacial score (nSPS) is 14.9. The number of rotatable bonds is 4. The zero-order chi connectivity index (χ0) is 25.6. The van der Waals surface area contributed by atoms with E-state index in [-0.39, 0.29) is 28.6 Å². The van der Waals surface area contributed by atoms with Gasteiger partial charge in [0.05, 0.1) is 11.3 Å². The van der Waals surface area contributed by atoms with Crippen molar-refractivity contribution in [2.75, 3.05) is 20.1 Å². The highest BCUT2D eigenvalue weighted by molar-refractivity contribution is 5.77. The van der Waals surface area contributed by atoms with Gasteiger partial charge in [-0.3, -0.25) is 9.36 Å². The van der Waals surface area contributed by atoms with Gasteiger partial charge in [-0.05, 0) is 88.3 Å². The first-order valence-corrected chi connectivity index (χ1v) is 11.9. The highest BCUT2D eigenvalue weighted by Gasteiger charge is 2.27. The van der Waals surface area contributed by atoms with E-state index in [1.807, 2.05) is 0 Å². The van der Waals surface area contributed by atoms with E-state index in [0.29, 0.717) is 34.0 Å². The van der Waals surface area contributed by atoms with Crippen molar-refractivity contribution in [1.82, 2.24) is 14.5 Å². The molecule has 0 bridgehead atoms. The maximum absolute atomic E-state index is 14.9. The van der Waals surface area contributed by atoms with Crippen LogP contribution in [0.5, 0.6) is 0 Å². The largest absolute Gasteiger partial charge is 0.440 e. The number of nitrogens with zero attached hydrogens (tertiary/aromatic N) is 3. The monoisotopic (exact) mass is 493 g/mol. The molecule has 0 radical (unpaired) electrons. The van der Waals surface area contributed by atoms with Gasteiger partial charge in [-0.2, -0.15) is 0 Å². The molecule has 1 fully saturated rings. The van der Waals surface area contributed by atoms with Gasteiger partial charge in [-0.25, -0.2) is 18.2 Å². The summed E-state index contributed by atoms with van der Waals surface area (Å²) in [5.41, 5.74) is 2.44. The Morgan fingerprint density at radius 2 is 1.64 bits per heavy atom. The highest BCUT2D eigenvalue weighted by atomic mass is 19.1. The van der Waals surface area contributed by atoms with Crippen LogP contribution in [0.3, 0.4) is 0 Å². The smallest absolute Gasteiger partial charge is 0.255 e. The zero-order valence-electron chi connectivity index (χ0n) is 20.3. The van der Waals surface area contributed by atoms with E-state index >= 15 is 0 Å². The molecular weight excluding hydrogens is 467 g/mol. The van der Waals surface area contributed by atoms with E-state index in [2.05, 4.69) is 11.9 Å². The van der Waals surface area contributed by atoms with Crippen LogP contribution in [-0.4, -0.2) is 34.6 Å². The minimum absolute atomic E-state index is 0.0599. The number of likely N-dealkylation sites (tertiary alicyclic amines) is 1. The molecule has 0 saturated carbocycles. The third-order valence-corrected chi connectivity index (χ3v) is 6.77. The fourth-order valence-electron chi connectivity index (χ4n) is 4.90. The number of benzene rings is 2. The molecule has 8 heteroatoms. The number of halogens is 3. The quantitative estimate of drug-likeness (QED) is 0.350. The van der Waals surface area contributed by atoms with E-state index < -0.39 is 11.6 Å². The van der Waals surface area contributed by atoms with Gasteiger partial charge < -0.3 is 9.32 Å². The molecule has 1 saturated heterocycles. The lowest BCUT2D eigenvalue weighted by molar-refractivity contribution is 0.238. The molecule has 2 aromatic heterocycles. The Bertz CT molecular complexity index is 1480. The fourth-order valence-corrected chi connectivity index (χ4v) is 4.90. The van der Waals surface area contributed by atoms with Crippen LogP contribution in [0, 0.1) is 31.3 Å². The number of oxazole rings is 1. The van der Waals surface area contributed by atoms with Gasteiger partial charge in [-0.15, -0.1) is 0 Å². The second-order valence-corrected chi connectivity index (χ2v) is 9.45. The third kappa shape index (κ3) is 4.48. The van der Waals surface area contributed by atoms with Crippen LogP contribution in [0.15, 0.2) is 57.9 Å². The second kappa shape index (κ2) is 9.43. The number of aryl methyl sites for hydroxylation is 2. The van der Waals surface area contributed by atoms with Crippen LogP contribution in [-0.2, 0) is 0 Å². The Labute approximate surface area is 206 Å². The number of hydrogen-bond donors (Lipinski definition) is 0. The summed E-state index contributed by atoms with van der Waals surface area (Å²) >= 11 is 0. The predicted octanol–water partition coefficient (Wildman–Crippen LogP) is 6.00. The summed E-state index contributed by atoms with van der Waals surface area (Å²) in [6, 6.07) is 9.05. The van der Waals surface area contributed by atoms with Crippen molar-refractivity contribution in [2.45, 2.75) is 32.6 Å². The number of hydrogen-bond acceptors (Lipinski definition) is 4. The molecule has 5 rings (SSSR count). The van der Waals surface area contributed by atoms with Gasteiger partial charge in [0.15, 0.2) is 11.7 Å². The van der Waals surface area contributed by atoms with Crippen molar-refractivity contribution in [2.24, 2.45) is 0 Å². The SMILES string of the molecule is Cc1cc(F)cc(C)c1-n1cc(-c2nc(C3CCN(C)CC3)oc2-c2ccc(F)cc2F)ccc1=O. The molecule has 3 heterocycles. The molecule has 0 spiro atoms. The first kappa shape index (κ1) is 24.1. The lowest BCUT2D eigenvalue weighted by Crippen LogP contribution is -2.29. The molecular formula is C28H26F3N3O2. The molecule has 36 heavy (non-hydrogen) atoms. The lowest BCUT2D eigenvalue weighted by Gasteiger charge is -2.26. The molecule has 1 aliphatic rings. The van der Waals surface area contributed by atoms with Gasteiger partial charge in [0.1, 0.15) is 23.1 Å². The van der Waals surface area contributed by atoms with Crippen molar-refractivity contribution >= 4 is 0 Å². The van der Waals surface area contributed by atoms with Crippen LogP contribution in [0.4, 0.5) is 13.2 Å². The summed E-state index contributed by atoms with van der Waals surface area (Å²) in [5, 5.41) is 0. The third-order valence-electron chi connectivity index (χ3n) is 6.77. The minimum Gasteiger partial charge on any atom is -0.440 e. The number of aromatic nitrogens is 2. The van der Waals surface area contributed by atoms with Crippen molar-refractivity contribution < 1.29 is 17.6 Å². The van der Waals surface area contributed by atoms with Crippen LogP contribution in [0.2, 0.25) is 0 Å². The van der Waals surface area contributed by atoms with Crippen LogP contribution >= 0.6 is 0 Å². The van der Waals surface area contributed by atoms with Crippen LogP contribution in [0.25, 0.3) is 28.3 Å². The van der Waals surface area contributed by atoms with E-state index in [1.54, 1.807) is 26.1 Å². The fraction of sp³-hybridized carbons (Fsp3) is 0.286. The average Bonchev–Trinajstić information content (AvgIpc) is 3.25. The van der Waals surface area contributed by atoms with Crippen molar-refractivity contribution in [3.8, 4) is 28.3 Å². The highest BCUT2D eigenvalue weighted by Crippen LogP contribution is 2.38. The second-order valence-electron chi connectivity index (χ2n) is 9.45. The molecule has 2 aromatic carbocycles. The molecule has 0 atom stereocenters. The number of piperidine rings is 1. The molecule has 1 aliphatic heterocycles. The van der Waals surface area contributed by atoms with Crippen LogP contribution in [0.1, 0.15) is 35.8 Å². The maximum atomic E-state index is 14.9. The van der Waals surface area contributed by atoms with Crippen molar-refractivity contribution in [1.29, 1.82) is 0 Å². The first-order chi connectivity index (χ1) is 17.2. The van der Waals surface area contributed by atoms with Gasteiger partial charge in [0.25, 0.3) is 5.56 Å². The summed E-state index contributed by atoms with van der Waals surface area (Å²) < 4.78 is 50.0. The maximum Gasteiger partial charge on any atom is 0.255 e. The zero-order valence-corrected chi connectivity index (χ0v) is 20.3. The lowest BCUT2D eigenvalue weighted by atomic mass is 9.97. The Balaban J connectivity index is 1.68. The summed E-state index contributed by atoms with van der Waals surface area (Å²) in [4.78, 5) is 19.8. The standard InChI is InChI=1S/C28H26F3N3O2/c1-16-12-21(30)13-17(2)26(16)34-15-19(4-7-24(34)35)25-27(22-6-5-20(29)14-23(22)31)36-28(32-25)18-8-10-33(3)11-9-18/h4-7,12-15,18H,8-11H2,1-3H3. The van der Waals surface area contributed by atoms with Gasteiger partial charge >= 0.3 is 0 Å².